The standard InChI is InChI=1S/C10H15ClN4S/c1-15(7-3-4-12-6-7)9-5-8(11)13-10(14-9)16-2/h5,7,12H,3-4,6H2,1-2H3/t7-/m1/s1. The Labute approximate surface area is 105 Å². The summed E-state index contributed by atoms with van der Waals surface area (Å²) >= 11 is 7.48. The summed E-state index contributed by atoms with van der Waals surface area (Å²) < 4.78 is 0. The Morgan fingerprint density at radius 3 is 3.00 bits per heavy atom. The molecule has 1 N–H and O–H groups in total. The van der Waals surface area contributed by atoms with Gasteiger partial charge in [0.05, 0.1) is 0 Å². The van der Waals surface area contributed by atoms with Crippen LogP contribution in [0.4, 0.5) is 5.82 Å². The van der Waals surface area contributed by atoms with E-state index in [4.69, 9.17) is 11.6 Å². The molecule has 1 aliphatic heterocycles. The Bertz CT molecular complexity index is 368. The van der Waals surface area contributed by atoms with Gasteiger partial charge in [-0.05, 0) is 19.2 Å². The Balaban J connectivity index is 2.21. The van der Waals surface area contributed by atoms with Crippen LogP contribution in [-0.4, -0.2) is 42.4 Å². The fourth-order valence-electron chi connectivity index (χ4n) is 1.81. The number of nitrogens with zero attached hydrogens (tertiary/aromatic N) is 3. The van der Waals surface area contributed by atoms with E-state index in [0.29, 0.717) is 11.2 Å². The topological polar surface area (TPSA) is 41.1 Å². The molecule has 0 radical (unpaired) electrons. The minimum absolute atomic E-state index is 0.501. The van der Waals surface area contributed by atoms with Crippen LogP contribution in [0, 0.1) is 0 Å². The lowest BCUT2D eigenvalue weighted by Crippen LogP contribution is -2.34. The van der Waals surface area contributed by atoms with Gasteiger partial charge in [-0.25, -0.2) is 9.97 Å². The molecule has 4 nitrogen and oxygen atoms in total. The highest BCUT2D eigenvalue weighted by Gasteiger charge is 2.20. The van der Waals surface area contributed by atoms with Crippen molar-refractivity contribution in [1.82, 2.24) is 15.3 Å². The number of aromatic nitrogens is 2. The highest BCUT2D eigenvalue weighted by atomic mass is 35.5. The molecule has 1 aliphatic rings. The number of hydrogen-bond donors (Lipinski definition) is 1. The fourth-order valence-corrected chi connectivity index (χ4v) is 2.42. The van der Waals surface area contributed by atoms with Gasteiger partial charge in [0.1, 0.15) is 11.0 Å². The van der Waals surface area contributed by atoms with Crippen LogP contribution >= 0.6 is 23.4 Å². The number of thioether (sulfide) groups is 1. The second-order valence-corrected chi connectivity index (χ2v) is 4.95. The van der Waals surface area contributed by atoms with E-state index in [1.807, 2.05) is 12.3 Å². The maximum absolute atomic E-state index is 5.97. The molecule has 0 spiro atoms. The molecule has 0 amide bonds. The normalized spacial score (nSPS) is 20.1. The molecule has 1 saturated heterocycles. The molecule has 88 valence electrons. The van der Waals surface area contributed by atoms with Gasteiger partial charge in [-0.2, -0.15) is 0 Å². The average Bonchev–Trinajstić information content (AvgIpc) is 2.80. The number of hydrogen-bond acceptors (Lipinski definition) is 5. The van der Waals surface area contributed by atoms with Crippen molar-refractivity contribution < 1.29 is 0 Å². The van der Waals surface area contributed by atoms with Crippen molar-refractivity contribution in [3.8, 4) is 0 Å². The minimum atomic E-state index is 0.501. The zero-order valence-corrected chi connectivity index (χ0v) is 11.0. The molecule has 0 saturated carbocycles. The van der Waals surface area contributed by atoms with Crippen LogP contribution in [0.1, 0.15) is 6.42 Å². The molecule has 1 aromatic heterocycles. The monoisotopic (exact) mass is 258 g/mol. The van der Waals surface area contributed by atoms with E-state index < -0.39 is 0 Å². The van der Waals surface area contributed by atoms with Crippen molar-refractivity contribution in [2.45, 2.75) is 17.6 Å². The van der Waals surface area contributed by atoms with Crippen LogP contribution in [-0.2, 0) is 0 Å². The number of nitrogens with one attached hydrogen (secondary N) is 1. The molecular formula is C10H15ClN4S. The second-order valence-electron chi connectivity index (χ2n) is 3.79. The van der Waals surface area contributed by atoms with Crippen LogP contribution in [0.25, 0.3) is 0 Å². The molecular weight excluding hydrogens is 244 g/mol. The van der Waals surface area contributed by atoms with Gasteiger partial charge in [0.25, 0.3) is 0 Å². The van der Waals surface area contributed by atoms with Gasteiger partial charge in [-0.3, -0.25) is 0 Å². The first-order valence-electron chi connectivity index (χ1n) is 5.23. The van der Waals surface area contributed by atoms with Crippen LogP contribution in [0.5, 0.6) is 0 Å². The lowest BCUT2D eigenvalue weighted by molar-refractivity contribution is 0.672. The van der Waals surface area contributed by atoms with Gasteiger partial charge in [0, 0.05) is 25.7 Å². The molecule has 0 bridgehead atoms. The molecule has 6 heteroatoms. The summed E-state index contributed by atoms with van der Waals surface area (Å²) in [5, 5.41) is 4.57. The lowest BCUT2D eigenvalue weighted by Gasteiger charge is -2.24. The van der Waals surface area contributed by atoms with Crippen molar-refractivity contribution in [3.05, 3.63) is 11.2 Å². The van der Waals surface area contributed by atoms with Crippen LogP contribution in [0.15, 0.2) is 11.2 Å². The van der Waals surface area contributed by atoms with Gasteiger partial charge in [-0.1, -0.05) is 23.4 Å². The quantitative estimate of drug-likeness (QED) is 0.507. The fraction of sp³-hybridized carbons (Fsp3) is 0.600. The van der Waals surface area contributed by atoms with Crippen LogP contribution in [0.2, 0.25) is 5.15 Å². The van der Waals surface area contributed by atoms with E-state index in [1.54, 1.807) is 0 Å². The van der Waals surface area contributed by atoms with E-state index >= 15 is 0 Å². The first kappa shape index (κ1) is 12.0. The van der Waals surface area contributed by atoms with Gasteiger partial charge in [0.2, 0.25) is 0 Å². The van der Waals surface area contributed by atoms with Crippen molar-refractivity contribution in [3.63, 3.8) is 0 Å². The third kappa shape index (κ3) is 2.59. The Kier molecular flexibility index (Phi) is 3.89. The first-order valence-corrected chi connectivity index (χ1v) is 6.83. The minimum Gasteiger partial charge on any atom is -0.355 e. The Morgan fingerprint density at radius 1 is 1.56 bits per heavy atom. The van der Waals surface area contributed by atoms with Crippen LogP contribution in [0.3, 0.4) is 0 Å². The summed E-state index contributed by atoms with van der Waals surface area (Å²) in [6.07, 6.45) is 3.10. The molecule has 1 atom stereocenters. The summed E-state index contributed by atoms with van der Waals surface area (Å²) in [7, 11) is 2.06. The SMILES string of the molecule is CSc1nc(Cl)cc(N(C)[C@@H]2CCNC2)n1. The smallest absolute Gasteiger partial charge is 0.190 e. The maximum Gasteiger partial charge on any atom is 0.190 e. The van der Waals surface area contributed by atoms with Gasteiger partial charge in [0.15, 0.2) is 5.16 Å². The van der Waals surface area contributed by atoms with E-state index in [0.717, 1.165) is 30.5 Å². The van der Waals surface area contributed by atoms with Crippen molar-refractivity contribution in [2.24, 2.45) is 0 Å². The molecule has 2 rings (SSSR count). The summed E-state index contributed by atoms with van der Waals surface area (Å²) in [5.41, 5.74) is 0. The van der Waals surface area contributed by atoms with Gasteiger partial charge in [-0.15, -0.1) is 0 Å². The summed E-state index contributed by atoms with van der Waals surface area (Å²) in [6, 6.07) is 2.32. The lowest BCUT2D eigenvalue weighted by atomic mass is 10.2. The molecule has 1 fully saturated rings. The average molecular weight is 259 g/mol. The van der Waals surface area contributed by atoms with Gasteiger partial charge >= 0.3 is 0 Å². The van der Waals surface area contributed by atoms with E-state index in [1.165, 1.54) is 11.8 Å². The highest BCUT2D eigenvalue weighted by molar-refractivity contribution is 7.98. The number of likely N-dealkylation sites (N-methyl/N-ethyl adjacent to an activating group) is 1. The zero-order chi connectivity index (χ0) is 11.5. The van der Waals surface area contributed by atoms with Crippen molar-refractivity contribution >= 4 is 29.2 Å². The Morgan fingerprint density at radius 2 is 2.38 bits per heavy atom. The first-order chi connectivity index (χ1) is 7.70. The maximum atomic E-state index is 5.97. The number of halogens is 1. The van der Waals surface area contributed by atoms with E-state index in [9.17, 15) is 0 Å². The molecule has 0 unspecified atom stereocenters. The van der Waals surface area contributed by atoms with Crippen molar-refractivity contribution in [2.75, 3.05) is 31.3 Å². The predicted octanol–water partition coefficient (Wildman–Crippen LogP) is 1.65. The number of rotatable bonds is 3. The molecule has 16 heavy (non-hydrogen) atoms. The third-order valence-electron chi connectivity index (χ3n) is 2.79. The molecule has 0 aliphatic carbocycles. The summed E-state index contributed by atoms with van der Waals surface area (Å²) in [5.74, 6) is 0.901. The van der Waals surface area contributed by atoms with Crippen LogP contribution < -0.4 is 10.2 Å². The van der Waals surface area contributed by atoms with Crippen molar-refractivity contribution in [1.29, 1.82) is 0 Å². The number of anilines is 1. The summed E-state index contributed by atoms with van der Waals surface area (Å²) in [6.45, 7) is 2.08. The second kappa shape index (κ2) is 5.21. The van der Waals surface area contributed by atoms with E-state index in [-0.39, 0.29) is 0 Å². The van der Waals surface area contributed by atoms with E-state index in [2.05, 4.69) is 27.2 Å². The Hall–Kier alpha value is -0.520. The summed E-state index contributed by atoms with van der Waals surface area (Å²) in [4.78, 5) is 10.8. The highest BCUT2D eigenvalue weighted by Crippen LogP contribution is 2.22. The predicted molar refractivity (Wildman–Crippen MR) is 68.5 cm³/mol. The molecule has 1 aromatic rings. The third-order valence-corrected chi connectivity index (χ3v) is 3.53. The largest absolute Gasteiger partial charge is 0.355 e. The molecule has 2 heterocycles. The zero-order valence-electron chi connectivity index (χ0n) is 9.40. The molecule has 0 aromatic carbocycles. The van der Waals surface area contributed by atoms with Gasteiger partial charge < -0.3 is 10.2 Å².